The quantitative estimate of drug-likeness (QED) is 0.0926. The molecule has 14 nitrogen and oxygen atoms in total. The molecule has 47 heavy (non-hydrogen) atoms. The molecule has 0 aliphatic rings. The molecule has 4 amide bonds. The van der Waals surface area contributed by atoms with Crippen LogP contribution in [0.4, 0.5) is 0 Å². The van der Waals surface area contributed by atoms with Crippen molar-refractivity contribution < 1.29 is 34.2 Å². The summed E-state index contributed by atoms with van der Waals surface area (Å²) in [6, 6.07) is 11.2. The standard InChI is InChI=1S/C33H49N7O7/c1-19(2)17-26(31(44)37-25(14-16-35)30(43)40-28(20(3)41)33(46)47)39-32(45)27(38-29(42)24(36)13-15-34)18-21-9-11-23(12-10-21)22-7-5-4-6-8-22/h4-12,19-20,24-28,41H,13-18,34-36H2,1-3H3,(H,37,44)(H,38,42)(H,39,45)(H,40,43)(H,46,47)/t20-,24+,25+,26+,27-,28+/m1/s1. The van der Waals surface area contributed by atoms with E-state index in [0.29, 0.717) is 0 Å². The van der Waals surface area contributed by atoms with Crippen LogP contribution in [0.1, 0.15) is 45.6 Å². The maximum absolute atomic E-state index is 13.7. The van der Waals surface area contributed by atoms with Crippen LogP contribution in [0.2, 0.25) is 0 Å². The second kappa shape index (κ2) is 19.3. The summed E-state index contributed by atoms with van der Waals surface area (Å²) in [5.74, 6) is -4.31. The number of benzene rings is 2. The fourth-order valence-electron chi connectivity index (χ4n) is 4.82. The highest BCUT2D eigenvalue weighted by molar-refractivity contribution is 5.95. The number of nitrogens with two attached hydrogens (primary N) is 3. The lowest BCUT2D eigenvalue weighted by Gasteiger charge is -2.27. The third-order valence-electron chi connectivity index (χ3n) is 7.42. The number of carbonyl (C=O) groups is 5. The molecule has 0 aliphatic carbocycles. The lowest BCUT2D eigenvalue weighted by Crippen LogP contribution is -2.59. The van der Waals surface area contributed by atoms with Crippen molar-refractivity contribution in [2.45, 2.75) is 82.8 Å². The van der Waals surface area contributed by atoms with Gasteiger partial charge in [0.1, 0.15) is 18.1 Å². The Morgan fingerprint density at radius 2 is 1.19 bits per heavy atom. The van der Waals surface area contributed by atoms with Gasteiger partial charge in [0, 0.05) is 6.42 Å². The normalized spacial score (nSPS) is 15.0. The van der Waals surface area contributed by atoms with Crippen molar-refractivity contribution in [2.75, 3.05) is 13.1 Å². The topological polar surface area (TPSA) is 252 Å². The lowest BCUT2D eigenvalue weighted by molar-refractivity contribution is -0.145. The van der Waals surface area contributed by atoms with Gasteiger partial charge in [-0.1, -0.05) is 68.4 Å². The van der Waals surface area contributed by atoms with Gasteiger partial charge in [0.25, 0.3) is 0 Å². The molecule has 0 saturated heterocycles. The molecule has 0 spiro atoms. The zero-order valence-corrected chi connectivity index (χ0v) is 27.1. The van der Waals surface area contributed by atoms with Crippen molar-refractivity contribution >= 4 is 29.6 Å². The van der Waals surface area contributed by atoms with Gasteiger partial charge >= 0.3 is 5.97 Å². The van der Waals surface area contributed by atoms with Gasteiger partial charge in [-0.25, -0.2) is 4.79 Å². The number of carbonyl (C=O) groups excluding carboxylic acids is 4. The van der Waals surface area contributed by atoms with E-state index in [2.05, 4.69) is 21.3 Å². The lowest BCUT2D eigenvalue weighted by atomic mass is 9.98. The van der Waals surface area contributed by atoms with Crippen LogP contribution in [0.25, 0.3) is 11.1 Å². The molecule has 2 aromatic rings. The number of hydrogen-bond donors (Lipinski definition) is 9. The SMILES string of the molecule is CC(C)C[C@H](NC(=O)[C@@H](Cc1ccc(-c2ccccc2)cc1)NC(=O)[C@@H](N)CCN)C(=O)N[C@@H](CCN)C(=O)N[C@H](C(=O)O)[C@@H](C)O. The van der Waals surface area contributed by atoms with E-state index < -0.39 is 65.9 Å². The Bertz CT molecular complexity index is 1320. The molecule has 0 aliphatic heterocycles. The number of amides is 4. The van der Waals surface area contributed by atoms with Gasteiger partial charge in [-0.2, -0.15) is 0 Å². The molecule has 2 rings (SSSR count). The number of nitrogens with one attached hydrogen (secondary N) is 4. The fraction of sp³-hybridized carbons (Fsp3) is 0.485. The molecular weight excluding hydrogens is 606 g/mol. The highest BCUT2D eigenvalue weighted by Gasteiger charge is 2.33. The molecule has 258 valence electrons. The molecule has 0 fully saturated rings. The van der Waals surface area contributed by atoms with Gasteiger partial charge in [0.05, 0.1) is 12.1 Å². The highest BCUT2D eigenvalue weighted by Crippen LogP contribution is 2.20. The van der Waals surface area contributed by atoms with Crippen molar-refractivity contribution in [1.82, 2.24) is 21.3 Å². The average Bonchev–Trinajstić information content (AvgIpc) is 3.02. The van der Waals surface area contributed by atoms with Crippen molar-refractivity contribution in [3.05, 3.63) is 60.2 Å². The van der Waals surface area contributed by atoms with Crippen molar-refractivity contribution in [3.8, 4) is 11.1 Å². The maximum Gasteiger partial charge on any atom is 0.328 e. The minimum absolute atomic E-state index is 0.0216. The number of aliphatic hydroxyl groups is 1. The van der Waals surface area contributed by atoms with Crippen molar-refractivity contribution in [1.29, 1.82) is 0 Å². The second-order valence-corrected chi connectivity index (χ2v) is 11.9. The Morgan fingerprint density at radius 1 is 0.681 bits per heavy atom. The zero-order chi connectivity index (χ0) is 35.1. The van der Waals surface area contributed by atoms with Crippen molar-refractivity contribution in [2.24, 2.45) is 23.1 Å². The first-order valence-electron chi connectivity index (χ1n) is 15.7. The van der Waals surface area contributed by atoms with E-state index >= 15 is 0 Å². The average molecular weight is 656 g/mol. The summed E-state index contributed by atoms with van der Waals surface area (Å²) in [6.07, 6.45) is -0.973. The second-order valence-electron chi connectivity index (χ2n) is 11.9. The number of carboxylic acids is 1. The minimum atomic E-state index is -1.61. The fourth-order valence-corrected chi connectivity index (χ4v) is 4.82. The van der Waals surface area contributed by atoms with E-state index in [4.69, 9.17) is 17.2 Å². The van der Waals surface area contributed by atoms with Crippen LogP contribution in [0.5, 0.6) is 0 Å². The molecule has 0 aromatic heterocycles. The summed E-state index contributed by atoms with van der Waals surface area (Å²) < 4.78 is 0. The van der Waals surface area contributed by atoms with Crippen LogP contribution in [0.3, 0.4) is 0 Å². The summed E-state index contributed by atoms with van der Waals surface area (Å²) in [5, 5.41) is 29.3. The Morgan fingerprint density at radius 3 is 1.72 bits per heavy atom. The van der Waals surface area contributed by atoms with Gasteiger partial charge in [-0.05, 0) is 61.9 Å². The number of aliphatic carboxylic acids is 1. The smallest absolute Gasteiger partial charge is 0.328 e. The van der Waals surface area contributed by atoms with Crippen LogP contribution < -0.4 is 38.5 Å². The molecule has 0 saturated carbocycles. The first-order chi connectivity index (χ1) is 22.3. The first kappa shape index (κ1) is 38.8. The number of aliphatic hydroxyl groups excluding tert-OH is 1. The summed E-state index contributed by atoms with van der Waals surface area (Å²) in [4.78, 5) is 64.5. The van der Waals surface area contributed by atoms with Crippen LogP contribution in [-0.2, 0) is 30.4 Å². The number of hydrogen-bond acceptors (Lipinski definition) is 9. The van der Waals surface area contributed by atoms with E-state index in [1.165, 1.54) is 6.92 Å². The molecule has 2 aromatic carbocycles. The minimum Gasteiger partial charge on any atom is -0.480 e. The number of carboxylic acid groups (broad SMARTS) is 1. The van der Waals surface area contributed by atoms with E-state index in [0.717, 1.165) is 16.7 Å². The monoisotopic (exact) mass is 655 g/mol. The molecule has 0 bridgehead atoms. The third kappa shape index (κ3) is 12.7. The summed E-state index contributed by atoms with van der Waals surface area (Å²) in [6.45, 7) is 5.04. The third-order valence-corrected chi connectivity index (χ3v) is 7.42. The molecule has 6 atom stereocenters. The molecule has 0 unspecified atom stereocenters. The highest BCUT2D eigenvalue weighted by atomic mass is 16.4. The number of rotatable bonds is 19. The predicted octanol–water partition coefficient (Wildman–Crippen LogP) is -0.628. The van der Waals surface area contributed by atoms with Crippen LogP contribution in [0.15, 0.2) is 54.6 Å². The van der Waals surface area contributed by atoms with Gasteiger partial charge in [0.15, 0.2) is 6.04 Å². The summed E-state index contributed by atoms with van der Waals surface area (Å²) in [5.41, 5.74) is 19.9. The summed E-state index contributed by atoms with van der Waals surface area (Å²) >= 11 is 0. The first-order valence-corrected chi connectivity index (χ1v) is 15.7. The summed E-state index contributed by atoms with van der Waals surface area (Å²) in [7, 11) is 0. The van der Waals surface area contributed by atoms with Gasteiger partial charge in [0.2, 0.25) is 23.6 Å². The van der Waals surface area contributed by atoms with Crippen molar-refractivity contribution in [3.63, 3.8) is 0 Å². The predicted molar refractivity (Wildman–Crippen MR) is 177 cm³/mol. The van der Waals surface area contributed by atoms with E-state index in [9.17, 15) is 34.2 Å². The Hall–Kier alpha value is -4.37. The van der Waals surface area contributed by atoms with Gasteiger partial charge in [-0.3, -0.25) is 19.2 Å². The largest absolute Gasteiger partial charge is 0.480 e. The Balaban J connectivity index is 2.29. The van der Waals surface area contributed by atoms with E-state index in [-0.39, 0.29) is 44.7 Å². The van der Waals surface area contributed by atoms with Crippen LogP contribution in [-0.4, -0.2) is 89.2 Å². The molecule has 14 heteroatoms. The maximum atomic E-state index is 13.7. The van der Waals surface area contributed by atoms with Gasteiger partial charge in [-0.15, -0.1) is 0 Å². The van der Waals surface area contributed by atoms with Crippen LogP contribution in [0, 0.1) is 5.92 Å². The zero-order valence-electron chi connectivity index (χ0n) is 27.1. The van der Waals surface area contributed by atoms with E-state index in [1.54, 1.807) is 0 Å². The molecular formula is C33H49N7O7. The Labute approximate surface area is 275 Å². The van der Waals surface area contributed by atoms with E-state index in [1.807, 2.05) is 68.4 Å². The molecule has 0 heterocycles. The van der Waals surface area contributed by atoms with Gasteiger partial charge < -0.3 is 48.7 Å². The molecule has 0 radical (unpaired) electrons. The Kier molecular flexibility index (Phi) is 16.0. The van der Waals surface area contributed by atoms with Crippen LogP contribution >= 0.6 is 0 Å². The molecule has 12 N–H and O–H groups in total.